The van der Waals surface area contributed by atoms with E-state index in [4.69, 9.17) is 9.47 Å². The van der Waals surface area contributed by atoms with Crippen molar-refractivity contribution in [1.29, 1.82) is 0 Å². The fourth-order valence-corrected chi connectivity index (χ4v) is 3.53. The van der Waals surface area contributed by atoms with Crippen molar-refractivity contribution in [1.82, 2.24) is 10.2 Å². The summed E-state index contributed by atoms with van der Waals surface area (Å²) in [4.78, 5) is 13.9. The highest BCUT2D eigenvalue weighted by atomic mass is 19.4. The average molecular weight is 396 g/mol. The first-order valence-electron chi connectivity index (χ1n) is 9.00. The molecule has 150 valence electrons. The smallest absolute Gasteiger partial charge is 0.410 e. The van der Waals surface area contributed by atoms with Crippen LogP contribution in [0.4, 0.5) is 18.0 Å². The number of ether oxygens (including phenoxy) is 3. The van der Waals surface area contributed by atoms with E-state index in [1.54, 1.807) is 17.1 Å². The molecule has 0 aromatic heterocycles. The van der Waals surface area contributed by atoms with Gasteiger partial charge in [0.2, 0.25) is 0 Å². The maximum atomic E-state index is 12.3. The molecule has 28 heavy (non-hydrogen) atoms. The van der Waals surface area contributed by atoms with Crippen LogP contribution in [0.5, 0.6) is 5.75 Å². The molecular weight excluding hydrogens is 377 g/mol. The summed E-state index contributed by atoms with van der Waals surface area (Å²) in [6, 6.07) is 5.54. The lowest BCUT2D eigenvalue weighted by atomic mass is 10.0. The van der Waals surface area contributed by atoms with Gasteiger partial charge in [0, 0.05) is 24.8 Å². The number of hydrogen-bond acceptors (Lipinski definition) is 5. The number of benzene rings is 1. The molecule has 0 saturated carbocycles. The summed E-state index contributed by atoms with van der Waals surface area (Å²) >= 11 is 0. The second-order valence-corrected chi connectivity index (χ2v) is 6.87. The minimum absolute atomic E-state index is 0.246. The van der Waals surface area contributed by atoms with Gasteiger partial charge in [0.25, 0.3) is 0 Å². The third kappa shape index (κ3) is 4.09. The highest BCUT2D eigenvalue weighted by Crippen LogP contribution is 2.31. The van der Waals surface area contributed by atoms with Gasteiger partial charge in [-0.05, 0) is 54.8 Å². The van der Waals surface area contributed by atoms with Crippen molar-refractivity contribution >= 4 is 11.8 Å². The molecule has 1 amide bonds. The number of dihydropyridines is 1. The van der Waals surface area contributed by atoms with E-state index in [-0.39, 0.29) is 11.7 Å². The molecular formula is C19H19F3N2O4. The van der Waals surface area contributed by atoms with E-state index < -0.39 is 18.6 Å². The van der Waals surface area contributed by atoms with Gasteiger partial charge in [-0.15, -0.1) is 13.2 Å². The van der Waals surface area contributed by atoms with Gasteiger partial charge < -0.3 is 19.5 Å². The van der Waals surface area contributed by atoms with E-state index in [0.29, 0.717) is 30.2 Å². The normalized spacial score (nSPS) is 24.7. The molecule has 2 atom stereocenters. The van der Waals surface area contributed by atoms with E-state index in [1.807, 2.05) is 0 Å². The molecule has 3 aliphatic rings. The molecule has 1 aromatic carbocycles. The van der Waals surface area contributed by atoms with Crippen molar-refractivity contribution in [3.63, 3.8) is 0 Å². The minimum atomic E-state index is -4.73. The molecule has 2 fully saturated rings. The molecule has 1 aromatic rings. The zero-order valence-electron chi connectivity index (χ0n) is 14.9. The Balaban J connectivity index is 1.46. The lowest BCUT2D eigenvalue weighted by Gasteiger charge is -2.31. The number of nitrogens with zero attached hydrogens (tertiary/aromatic N) is 1. The number of carbonyl (C=O) groups is 1. The number of halogens is 3. The van der Waals surface area contributed by atoms with Crippen LogP contribution in [0.1, 0.15) is 18.4 Å². The molecule has 9 heteroatoms. The second kappa shape index (κ2) is 7.38. The molecule has 0 spiro atoms. The van der Waals surface area contributed by atoms with Crippen molar-refractivity contribution in [3.8, 4) is 5.75 Å². The molecule has 0 bridgehead atoms. The van der Waals surface area contributed by atoms with Gasteiger partial charge >= 0.3 is 12.5 Å². The monoisotopic (exact) mass is 396 g/mol. The number of hydrogen-bond donors (Lipinski definition) is 1. The van der Waals surface area contributed by atoms with Crippen LogP contribution in [0.25, 0.3) is 5.70 Å². The van der Waals surface area contributed by atoms with Crippen LogP contribution in [0.15, 0.2) is 42.2 Å². The van der Waals surface area contributed by atoms with Crippen molar-refractivity contribution < 1.29 is 32.2 Å². The Labute approximate surface area is 159 Å². The average Bonchev–Trinajstić information content (AvgIpc) is 2.97. The molecule has 6 nitrogen and oxygen atoms in total. The summed E-state index contributed by atoms with van der Waals surface area (Å²) in [6.45, 7) is 1.87. The Morgan fingerprint density at radius 1 is 1.21 bits per heavy atom. The van der Waals surface area contributed by atoms with Crippen molar-refractivity contribution in [2.24, 2.45) is 5.92 Å². The fraction of sp³-hybridized carbons (Fsp3) is 0.421. The zero-order valence-corrected chi connectivity index (χ0v) is 14.9. The summed E-state index contributed by atoms with van der Waals surface area (Å²) in [7, 11) is 0. The summed E-state index contributed by atoms with van der Waals surface area (Å²) in [5, 5.41) is 3.24. The van der Waals surface area contributed by atoms with E-state index >= 15 is 0 Å². The van der Waals surface area contributed by atoms with Gasteiger partial charge in [0.1, 0.15) is 5.75 Å². The number of nitrogens with one attached hydrogen (secondary N) is 1. The van der Waals surface area contributed by atoms with E-state index in [0.717, 1.165) is 19.4 Å². The first-order valence-corrected chi connectivity index (χ1v) is 9.00. The van der Waals surface area contributed by atoms with Crippen LogP contribution in [0, 0.1) is 5.92 Å². The summed E-state index contributed by atoms with van der Waals surface area (Å²) in [5.74, 6) is 0.459. The maximum Gasteiger partial charge on any atom is 0.573 e. The molecule has 2 unspecified atom stereocenters. The van der Waals surface area contributed by atoms with Crippen LogP contribution in [-0.4, -0.2) is 43.3 Å². The number of fused-ring (bicyclic) bond motifs is 1. The van der Waals surface area contributed by atoms with Gasteiger partial charge in [-0.25, -0.2) is 4.79 Å². The number of allylic oxidation sites excluding steroid dienone is 2. The Hall–Kier alpha value is -2.68. The summed E-state index contributed by atoms with van der Waals surface area (Å²) in [5.41, 5.74) is 1.35. The molecule has 0 radical (unpaired) electrons. The first kappa shape index (κ1) is 18.7. The number of rotatable bonds is 4. The highest BCUT2D eigenvalue weighted by Gasteiger charge is 2.40. The van der Waals surface area contributed by atoms with Gasteiger partial charge in [0.05, 0.1) is 6.61 Å². The largest absolute Gasteiger partial charge is 0.573 e. The predicted molar refractivity (Wildman–Crippen MR) is 92.8 cm³/mol. The lowest BCUT2D eigenvalue weighted by molar-refractivity contribution is -0.274. The first-order chi connectivity index (χ1) is 13.4. The highest BCUT2D eigenvalue weighted by molar-refractivity contribution is 5.76. The van der Waals surface area contributed by atoms with Crippen molar-refractivity contribution in [2.75, 3.05) is 19.8 Å². The Kier molecular flexibility index (Phi) is 4.92. The van der Waals surface area contributed by atoms with Crippen LogP contribution >= 0.6 is 0 Å². The lowest BCUT2D eigenvalue weighted by Crippen LogP contribution is -2.46. The SMILES string of the molecule is O=C1OC2=CC=C(c3ccc(OC(F)(F)F)cc3)NC2N1CC1CCCOC1. The number of carbonyl (C=O) groups excluding carboxylic acids is 1. The molecule has 4 rings (SSSR count). The van der Waals surface area contributed by atoms with E-state index in [1.165, 1.54) is 24.3 Å². The topological polar surface area (TPSA) is 60.0 Å². The second-order valence-electron chi connectivity index (χ2n) is 6.87. The van der Waals surface area contributed by atoms with Gasteiger partial charge in [-0.3, -0.25) is 4.90 Å². The third-order valence-electron chi connectivity index (χ3n) is 4.84. The molecule has 2 saturated heterocycles. The minimum Gasteiger partial charge on any atom is -0.410 e. The van der Waals surface area contributed by atoms with Crippen molar-refractivity contribution in [3.05, 3.63) is 47.7 Å². The van der Waals surface area contributed by atoms with Crippen molar-refractivity contribution in [2.45, 2.75) is 25.4 Å². The maximum absolute atomic E-state index is 12.3. The van der Waals surface area contributed by atoms with Crippen LogP contribution in [0.3, 0.4) is 0 Å². The fourth-order valence-electron chi connectivity index (χ4n) is 3.53. The van der Waals surface area contributed by atoms with Gasteiger partial charge in [-0.1, -0.05) is 0 Å². The van der Waals surface area contributed by atoms with Crippen LogP contribution < -0.4 is 10.1 Å². The van der Waals surface area contributed by atoms with Crippen LogP contribution in [0.2, 0.25) is 0 Å². The zero-order chi connectivity index (χ0) is 19.7. The van der Waals surface area contributed by atoms with E-state index in [9.17, 15) is 18.0 Å². The molecule has 0 aliphatic carbocycles. The predicted octanol–water partition coefficient (Wildman–Crippen LogP) is 3.62. The molecule has 3 heterocycles. The van der Waals surface area contributed by atoms with E-state index in [2.05, 4.69) is 10.1 Å². The summed E-state index contributed by atoms with van der Waals surface area (Å²) < 4.78 is 51.6. The quantitative estimate of drug-likeness (QED) is 0.843. The Morgan fingerprint density at radius 3 is 2.68 bits per heavy atom. The standard InChI is InChI=1S/C19H19F3N2O4/c20-19(21,22)28-14-5-3-13(4-6-14)15-7-8-16-17(23-15)24(18(25)27-16)10-12-2-1-9-26-11-12/h3-8,12,17,23H,1-2,9-11H2. The number of amides is 1. The Morgan fingerprint density at radius 2 is 2.00 bits per heavy atom. The summed E-state index contributed by atoms with van der Waals surface area (Å²) in [6.07, 6.45) is -0.215. The third-order valence-corrected chi connectivity index (χ3v) is 4.84. The van der Waals surface area contributed by atoms with Gasteiger partial charge in [0.15, 0.2) is 11.9 Å². The number of alkyl halides is 3. The molecule has 3 aliphatic heterocycles. The van der Waals surface area contributed by atoms with Gasteiger partial charge in [-0.2, -0.15) is 0 Å². The van der Waals surface area contributed by atoms with Crippen LogP contribution in [-0.2, 0) is 9.47 Å². The molecule has 1 N–H and O–H groups in total. The Bertz CT molecular complexity index is 798.